The molecule has 5 atom stereocenters. The molecular formula is C22H34O2. The van der Waals surface area contributed by atoms with Gasteiger partial charge in [-0.1, -0.05) is 51.7 Å². The molecule has 1 aromatic rings. The van der Waals surface area contributed by atoms with Crippen molar-refractivity contribution in [1.82, 2.24) is 0 Å². The maximum absolute atomic E-state index is 6.22. The summed E-state index contributed by atoms with van der Waals surface area (Å²) in [6.07, 6.45) is 10.9. The van der Waals surface area contributed by atoms with E-state index in [0.29, 0.717) is 12.0 Å². The van der Waals surface area contributed by atoms with Gasteiger partial charge in [-0.3, -0.25) is 0 Å². The maximum Gasteiger partial charge on any atom is 0.197 e. The van der Waals surface area contributed by atoms with Crippen molar-refractivity contribution in [3.05, 3.63) is 29.8 Å². The lowest BCUT2D eigenvalue weighted by Crippen LogP contribution is -2.34. The van der Waals surface area contributed by atoms with Crippen molar-refractivity contribution in [3.63, 3.8) is 0 Å². The van der Waals surface area contributed by atoms with Crippen molar-refractivity contribution < 1.29 is 9.47 Å². The monoisotopic (exact) mass is 330 g/mol. The Balaban J connectivity index is 1.47. The van der Waals surface area contributed by atoms with Crippen molar-refractivity contribution in [2.45, 2.75) is 90.4 Å². The first-order valence-corrected chi connectivity index (χ1v) is 10.1. The van der Waals surface area contributed by atoms with Crippen LogP contribution < -0.4 is 4.74 Å². The van der Waals surface area contributed by atoms with Gasteiger partial charge < -0.3 is 9.47 Å². The Morgan fingerprint density at radius 1 is 0.958 bits per heavy atom. The molecule has 1 aromatic carbocycles. The first kappa shape index (κ1) is 17.8. The van der Waals surface area contributed by atoms with Crippen LogP contribution in [0.2, 0.25) is 0 Å². The molecule has 5 unspecified atom stereocenters. The lowest BCUT2D eigenvalue weighted by molar-refractivity contribution is -0.129. The Morgan fingerprint density at radius 2 is 1.67 bits per heavy atom. The predicted octanol–water partition coefficient (Wildman–Crippen LogP) is 6.30. The van der Waals surface area contributed by atoms with E-state index >= 15 is 0 Å². The number of hydrogen-bond donors (Lipinski definition) is 0. The second-order valence-electron chi connectivity index (χ2n) is 7.94. The number of fused-ring (bicyclic) bond motifs is 1. The van der Waals surface area contributed by atoms with E-state index < -0.39 is 0 Å². The Morgan fingerprint density at radius 3 is 2.38 bits per heavy atom. The van der Waals surface area contributed by atoms with Gasteiger partial charge in [0.05, 0.1) is 6.10 Å². The zero-order valence-corrected chi connectivity index (χ0v) is 15.7. The SMILES string of the molecule is CCC(C)c1ccc(OC(C)OC2CCC3CCCCC3C2)cc1. The van der Waals surface area contributed by atoms with Gasteiger partial charge in [-0.15, -0.1) is 0 Å². The van der Waals surface area contributed by atoms with E-state index in [-0.39, 0.29) is 6.29 Å². The molecule has 0 heterocycles. The summed E-state index contributed by atoms with van der Waals surface area (Å²) < 4.78 is 12.2. The van der Waals surface area contributed by atoms with Gasteiger partial charge >= 0.3 is 0 Å². The van der Waals surface area contributed by atoms with Crippen LogP contribution in [0.15, 0.2) is 24.3 Å². The number of ether oxygens (including phenoxy) is 2. The van der Waals surface area contributed by atoms with E-state index in [2.05, 4.69) is 38.1 Å². The van der Waals surface area contributed by atoms with Crippen LogP contribution in [-0.4, -0.2) is 12.4 Å². The average molecular weight is 331 g/mol. The van der Waals surface area contributed by atoms with Crippen molar-refractivity contribution in [2.24, 2.45) is 11.8 Å². The molecule has 2 aliphatic carbocycles. The smallest absolute Gasteiger partial charge is 0.197 e. The summed E-state index contributed by atoms with van der Waals surface area (Å²) in [6.45, 7) is 6.53. The summed E-state index contributed by atoms with van der Waals surface area (Å²) in [5, 5.41) is 0. The summed E-state index contributed by atoms with van der Waals surface area (Å²) in [7, 11) is 0. The van der Waals surface area contributed by atoms with E-state index in [1.165, 1.54) is 56.9 Å². The standard InChI is InChI=1S/C22H34O2/c1-4-16(2)18-9-12-21(13-10-18)23-17(3)24-22-14-11-19-7-5-6-8-20(19)15-22/h9-10,12-13,16-17,19-20,22H,4-8,11,14-15H2,1-3H3. The third-order valence-electron chi connectivity index (χ3n) is 6.24. The molecule has 2 saturated carbocycles. The highest BCUT2D eigenvalue weighted by Gasteiger charge is 2.33. The van der Waals surface area contributed by atoms with E-state index in [4.69, 9.17) is 9.47 Å². The quantitative estimate of drug-likeness (QED) is 0.570. The van der Waals surface area contributed by atoms with Crippen LogP contribution in [0.25, 0.3) is 0 Å². The predicted molar refractivity (Wildman–Crippen MR) is 99.4 cm³/mol. The Labute approximate surface area is 147 Å². The maximum atomic E-state index is 6.22. The van der Waals surface area contributed by atoms with E-state index in [9.17, 15) is 0 Å². The molecule has 2 nitrogen and oxygen atoms in total. The minimum absolute atomic E-state index is 0.162. The summed E-state index contributed by atoms with van der Waals surface area (Å²) in [4.78, 5) is 0. The number of hydrogen-bond acceptors (Lipinski definition) is 2. The topological polar surface area (TPSA) is 18.5 Å². The minimum Gasteiger partial charge on any atom is -0.465 e. The molecule has 0 N–H and O–H groups in total. The molecule has 0 bridgehead atoms. The number of benzene rings is 1. The molecule has 24 heavy (non-hydrogen) atoms. The fraction of sp³-hybridized carbons (Fsp3) is 0.727. The Kier molecular flexibility index (Phi) is 6.21. The molecule has 3 rings (SSSR count). The molecule has 0 saturated heterocycles. The molecule has 0 aromatic heterocycles. The molecule has 2 fully saturated rings. The van der Waals surface area contributed by atoms with Crippen molar-refractivity contribution in [2.75, 3.05) is 0 Å². The van der Waals surface area contributed by atoms with Gasteiger partial charge in [0.25, 0.3) is 0 Å². The van der Waals surface area contributed by atoms with Crippen molar-refractivity contribution in [3.8, 4) is 5.75 Å². The Hall–Kier alpha value is -1.02. The van der Waals surface area contributed by atoms with Crippen LogP contribution in [0.4, 0.5) is 0 Å². The third-order valence-corrected chi connectivity index (χ3v) is 6.24. The highest BCUT2D eigenvalue weighted by atomic mass is 16.7. The van der Waals surface area contributed by atoms with Crippen LogP contribution in [0.3, 0.4) is 0 Å². The second-order valence-corrected chi connectivity index (χ2v) is 7.94. The average Bonchev–Trinajstić information content (AvgIpc) is 2.61. The summed E-state index contributed by atoms with van der Waals surface area (Å²) in [6, 6.07) is 8.53. The van der Waals surface area contributed by atoms with E-state index in [1.807, 2.05) is 6.92 Å². The van der Waals surface area contributed by atoms with Gasteiger partial charge in [0.15, 0.2) is 6.29 Å². The van der Waals surface area contributed by atoms with E-state index in [1.54, 1.807) is 0 Å². The first-order chi connectivity index (χ1) is 11.7. The van der Waals surface area contributed by atoms with Gasteiger partial charge in [0.2, 0.25) is 0 Å². The minimum atomic E-state index is -0.162. The normalized spacial score (nSPS) is 29.5. The van der Waals surface area contributed by atoms with Crippen LogP contribution in [0.5, 0.6) is 5.75 Å². The van der Waals surface area contributed by atoms with Crippen molar-refractivity contribution in [1.29, 1.82) is 0 Å². The highest BCUT2D eigenvalue weighted by molar-refractivity contribution is 5.29. The van der Waals surface area contributed by atoms with Gasteiger partial charge in [-0.25, -0.2) is 0 Å². The largest absolute Gasteiger partial charge is 0.465 e. The first-order valence-electron chi connectivity index (χ1n) is 10.1. The molecule has 0 radical (unpaired) electrons. The molecule has 0 amide bonds. The molecule has 2 aliphatic rings. The molecule has 2 heteroatoms. The highest BCUT2D eigenvalue weighted by Crippen LogP contribution is 2.41. The molecular weight excluding hydrogens is 296 g/mol. The van der Waals surface area contributed by atoms with Crippen LogP contribution in [0, 0.1) is 11.8 Å². The van der Waals surface area contributed by atoms with Crippen molar-refractivity contribution >= 4 is 0 Å². The molecule has 134 valence electrons. The summed E-state index contributed by atoms with van der Waals surface area (Å²) in [5.41, 5.74) is 1.38. The van der Waals surface area contributed by atoms with Gasteiger partial charge in [0, 0.05) is 0 Å². The molecule has 0 spiro atoms. The van der Waals surface area contributed by atoms with Crippen LogP contribution in [-0.2, 0) is 4.74 Å². The summed E-state index contributed by atoms with van der Waals surface area (Å²) in [5.74, 6) is 3.40. The summed E-state index contributed by atoms with van der Waals surface area (Å²) >= 11 is 0. The lowest BCUT2D eigenvalue weighted by Gasteiger charge is -2.39. The van der Waals surface area contributed by atoms with E-state index in [0.717, 1.165) is 17.6 Å². The van der Waals surface area contributed by atoms with Crippen LogP contribution in [0.1, 0.15) is 83.6 Å². The van der Waals surface area contributed by atoms with Crippen LogP contribution >= 0.6 is 0 Å². The Bertz CT molecular complexity index is 495. The van der Waals surface area contributed by atoms with Gasteiger partial charge in [0.1, 0.15) is 5.75 Å². The number of rotatable bonds is 6. The van der Waals surface area contributed by atoms with Gasteiger partial charge in [-0.05, 0) is 68.1 Å². The second kappa shape index (κ2) is 8.38. The fourth-order valence-corrected chi connectivity index (χ4v) is 4.55. The molecule has 0 aliphatic heterocycles. The van der Waals surface area contributed by atoms with Gasteiger partial charge in [-0.2, -0.15) is 0 Å². The third kappa shape index (κ3) is 4.53. The lowest BCUT2D eigenvalue weighted by atomic mass is 9.70. The fourth-order valence-electron chi connectivity index (χ4n) is 4.55. The zero-order chi connectivity index (χ0) is 16.9. The zero-order valence-electron chi connectivity index (χ0n) is 15.7.